The average molecular weight is 473 g/mol. The van der Waals surface area contributed by atoms with Gasteiger partial charge in [0.1, 0.15) is 5.60 Å². The first kappa shape index (κ1) is 34.7. The maximum atomic E-state index is 6.71. The Morgan fingerprint density at radius 1 is 0.606 bits per heavy atom. The number of ether oxygens (including phenoxy) is 4. The van der Waals surface area contributed by atoms with Gasteiger partial charge in [-0.1, -0.05) is 64.9 Å². The molecule has 0 aliphatic heterocycles. The molecule has 0 saturated carbocycles. The Kier molecular flexibility index (Phi) is 16.4. The average Bonchev–Trinajstić information content (AvgIpc) is 2.59. The molecule has 200 valence electrons. The minimum atomic E-state index is -1.31. The summed E-state index contributed by atoms with van der Waals surface area (Å²) >= 11 is 0. The van der Waals surface area contributed by atoms with Gasteiger partial charge in [-0.05, 0) is 82.1 Å². The van der Waals surface area contributed by atoms with E-state index in [1.807, 2.05) is 6.92 Å². The molecule has 0 amide bonds. The lowest BCUT2D eigenvalue weighted by Gasteiger charge is -2.54. The first-order chi connectivity index (χ1) is 15.0. The summed E-state index contributed by atoms with van der Waals surface area (Å²) in [7, 11) is 1.78. The zero-order valence-electron chi connectivity index (χ0n) is 24.8. The molecule has 1 atom stereocenters. The van der Waals surface area contributed by atoms with Crippen LogP contribution in [-0.4, -0.2) is 35.5 Å². The van der Waals surface area contributed by atoms with E-state index in [9.17, 15) is 0 Å². The molecule has 4 heteroatoms. The van der Waals surface area contributed by atoms with E-state index in [0.29, 0.717) is 0 Å². The molecule has 0 aromatic heterocycles. The predicted octanol–water partition coefficient (Wildman–Crippen LogP) is 9.21. The van der Waals surface area contributed by atoms with Gasteiger partial charge in [0.2, 0.25) is 0 Å². The molecule has 0 fully saturated rings. The van der Waals surface area contributed by atoms with Crippen molar-refractivity contribution in [3.8, 4) is 0 Å². The van der Waals surface area contributed by atoms with E-state index in [1.54, 1.807) is 13.2 Å². The third-order valence-corrected chi connectivity index (χ3v) is 4.86. The minimum absolute atomic E-state index is 0.463. The number of allylic oxidation sites excluding steroid dienone is 1. The largest absolute Gasteiger partial charge is 0.370 e. The van der Waals surface area contributed by atoms with Crippen LogP contribution in [0.1, 0.15) is 141 Å². The molecule has 0 spiro atoms. The lowest BCUT2D eigenvalue weighted by atomic mass is 9.86. The lowest BCUT2D eigenvalue weighted by molar-refractivity contribution is -0.498. The van der Waals surface area contributed by atoms with Gasteiger partial charge in [-0.2, -0.15) is 0 Å². The molecule has 0 aromatic carbocycles. The highest BCUT2D eigenvalue weighted by Crippen LogP contribution is 2.46. The van der Waals surface area contributed by atoms with E-state index in [0.717, 1.165) is 25.7 Å². The van der Waals surface area contributed by atoms with Crippen molar-refractivity contribution in [3.05, 3.63) is 12.7 Å². The van der Waals surface area contributed by atoms with Gasteiger partial charge in [-0.3, -0.25) is 0 Å². The minimum Gasteiger partial charge on any atom is -0.370 e. The molecule has 4 nitrogen and oxygen atoms in total. The van der Waals surface area contributed by atoms with Crippen molar-refractivity contribution >= 4 is 0 Å². The van der Waals surface area contributed by atoms with Crippen LogP contribution in [0.3, 0.4) is 0 Å². The normalized spacial score (nSPS) is 14.9. The van der Waals surface area contributed by atoms with E-state index >= 15 is 0 Å². The highest BCUT2D eigenvalue weighted by molar-refractivity contribution is 4.95. The second-order valence-corrected chi connectivity index (χ2v) is 12.1. The maximum Gasteiger partial charge on any atom is 0.315 e. The van der Waals surface area contributed by atoms with Crippen LogP contribution in [0.4, 0.5) is 0 Å². The Bertz CT molecular complexity index is 452. The molecule has 0 aliphatic carbocycles. The molecule has 0 radical (unpaired) electrons. The summed E-state index contributed by atoms with van der Waals surface area (Å²) in [6.45, 7) is 28.2. The molecular weight excluding hydrogens is 412 g/mol. The Labute approximate surface area is 208 Å². The maximum absolute atomic E-state index is 6.71. The Hall–Kier alpha value is -0.420. The van der Waals surface area contributed by atoms with Crippen molar-refractivity contribution in [2.24, 2.45) is 0 Å². The van der Waals surface area contributed by atoms with E-state index in [2.05, 4.69) is 82.7 Å². The fourth-order valence-electron chi connectivity index (χ4n) is 3.91. The van der Waals surface area contributed by atoms with Crippen molar-refractivity contribution < 1.29 is 18.9 Å². The summed E-state index contributed by atoms with van der Waals surface area (Å²) in [5, 5.41) is 0. The summed E-state index contributed by atoms with van der Waals surface area (Å²) in [5.74, 6) is -1.31. The second kappa shape index (κ2) is 15.5. The molecule has 0 N–H and O–H groups in total. The van der Waals surface area contributed by atoms with Crippen LogP contribution >= 0.6 is 0 Å². The van der Waals surface area contributed by atoms with E-state index < -0.39 is 28.4 Å². The van der Waals surface area contributed by atoms with Crippen molar-refractivity contribution in [1.29, 1.82) is 0 Å². The quantitative estimate of drug-likeness (QED) is 0.143. The molecule has 33 heavy (non-hydrogen) atoms. The number of hydrogen-bond donors (Lipinski definition) is 0. The molecule has 1 unspecified atom stereocenters. The monoisotopic (exact) mass is 472 g/mol. The molecule has 0 aliphatic rings. The van der Waals surface area contributed by atoms with Gasteiger partial charge in [0.05, 0.1) is 16.8 Å². The fraction of sp³-hybridized carbons (Fsp3) is 0.931. The summed E-state index contributed by atoms with van der Waals surface area (Å²) in [6, 6.07) is 0. The van der Waals surface area contributed by atoms with Gasteiger partial charge in [-0.25, -0.2) is 0 Å². The topological polar surface area (TPSA) is 36.9 Å². The van der Waals surface area contributed by atoms with Crippen LogP contribution in [0.25, 0.3) is 0 Å². The summed E-state index contributed by atoms with van der Waals surface area (Å²) < 4.78 is 26.5. The van der Waals surface area contributed by atoms with Gasteiger partial charge >= 0.3 is 5.97 Å². The van der Waals surface area contributed by atoms with Crippen LogP contribution in [0, 0.1) is 0 Å². The molecule has 0 saturated heterocycles. The predicted molar refractivity (Wildman–Crippen MR) is 144 cm³/mol. The first-order valence-electron chi connectivity index (χ1n) is 13.2. The molecule has 0 heterocycles. The standard InChI is InChI=1S/C26H54O4.C3H6/c1-13-15-16-17-18-19-21-25(27-12,20-14-2)26(28-22(3,4)5,29-23(6,7)8)30-24(9,10)11;1-3-2/h13-21H2,1-12H3;3H,1H2,2H3. The van der Waals surface area contributed by atoms with Gasteiger partial charge < -0.3 is 18.9 Å². The Balaban J connectivity index is 0. The zero-order valence-corrected chi connectivity index (χ0v) is 24.8. The van der Waals surface area contributed by atoms with Crippen molar-refractivity contribution in [2.75, 3.05) is 7.11 Å². The van der Waals surface area contributed by atoms with Gasteiger partial charge in [-0.15, -0.1) is 6.58 Å². The van der Waals surface area contributed by atoms with E-state index in [-0.39, 0.29) is 0 Å². The third kappa shape index (κ3) is 15.2. The van der Waals surface area contributed by atoms with Crippen LogP contribution < -0.4 is 0 Å². The third-order valence-electron chi connectivity index (χ3n) is 4.86. The van der Waals surface area contributed by atoms with Crippen molar-refractivity contribution in [2.45, 2.75) is 169 Å². The summed E-state index contributed by atoms with van der Waals surface area (Å²) in [4.78, 5) is 0. The molecular formula is C29H60O4. The number of unbranched alkanes of at least 4 members (excludes halogenated alkanes) is 5. The summed E-state index contributed by atoms with van der Waals surface area (Å²) in [6.07, 6.45) is 11.7. The van der Waals surface area contributed by atoms with E-state index in [1.165, 1.54) is 32.1 Å². The highest BCUT2D eigenvalue weighted by atomic mass is 16.9. The molecule has 0 aromatic rings. The Morgan fingerprint density at radius 3 is 1.27 bits per heavy atom. The van der Waals surface area contributed by atoms with Crippen molar-refractivity contribution in [1.82, 2.24) is 0 Å². The van der Waals surface area contributed by atoms with Gasteiger partial charge in [0.15, 0.2) is 0 Å². The van der Waals surface area contributed by atoms with Gasteiger partial charge in [0, 0.05) is 7.11 Å². The van der Waals surface area contributed by atoms with Crippen LogP contribution in [0.15, 0.2) is 12.7 Å². The SMILES string of the molecule is C=CC.CCCCCCCCC(CCC)(OC)C(OC(C)(C)C)(OC(C)(C)C)OC(C)(C)C. The zero-order chi connectivity index (χ0) is 26.4. The number of hydrogen-bond acceptors (Lipinski definition) is 4. The van der Waals surface area contributed by atoms with E-state index in [4.69, 9.17) is 18.9 Å². The fourth-order valence-corrected chi connectivity index (χ4v) is 3.91. The Morgan fingerprint density at radius 2 is 0.970 bits per heavy atom. The lowest BCUT2D eigenvalue weighted by Crippen LogP contribution is -2.66. The van der Waals surface area contributed by atoms with Crippen LogP contribution in [0.5, 0.6) is 0 Å². The van der Waals surface area contributed by atoms with Crippen LogP contribution in [-0.2, 0) is 18.9 Å². The highest BCUT2D eigenvalue weighted by Gasteiger charge is 2.60. The van der Waals surface area contributed by atoms with Gasteiger partial charge in [0.25, 0.3) is 0 Å². The smallest absolute Gasteiger partial charge is 0.315 e. The van der Waals surface area contributed by atoms with Crippen molar-refractivity contribution in [3.63, 3.8) is 0 Å². The second-order valence-electron chi connectivity index (χ2n) is 12.1. The number of rotatable bonds is 14. The number of methoxy groups -OCH3 is 1. The molecule has 0 bridgehead atoms. The molecule has 0 rings (SSSR count). The summed E-state index contributed by atoms with van der Waals surface area (Å²) in [5.41, 5.74) is -2.08. The van der Waals surface area contributed by atoms with Crippen LogP contribution in [0.2, 0.25) is 0 Å². The first-order valence-corrected chi connectivity index (χ1v) is 13.2.